The molecule has 4 aromatic rings. The van der Waals surface area contributed by atoms with Crippen molar-refractivity contribution >= 4 is 52.5 Å². The fourth-order valence-electron chi connectivity index (χ4n) is 6.51. The van der Waals surface area contributed by atoms with E-state index in [0.717, 1.165) is 0 Å². The summed E-state index contributed by atoms with van der Waals surface area (Å²) in [4.78, 5) is 68.0. The number of imidazole rings is 1. The number of anilines is 3. The summed E-state index contributed by atoms with van der Waals surface area (Å²) in [6.45, 7) is 7.57. The summed E-state index contributed by atoms with van der Waals surface area (Å²) < 4.78 is 47.1. The molecule has 0 spiro atoms. The molecule has 2 aliphatic heterocycles. The number of nitrogens with zero attached hydrogens (tertiary/aromatic N) is 6. The fraction of sp³-hybridized carbons (Fsp3) is 0.417. The second-order valence-electron chi connectivity index (χ2n) is 14.6. The van der Waals surface area contributed by atoms with E-state index in [9.17, 15) is 32.3 Å². The van der Waals surface area contributed by atoms with Gasteiger partial charge in [0.2, 0.25) is 5.91 Å². The highest BCUT2D eigenvalue weighted by atomic mass is 35.5. The summed E-state index contributed by atoms with van der Waals surface area (Å²) in [5.74, 6) is -1.45. The van der Waals surface area contributed by atoms with Crippen LogP contribution in [0.2, 0.25) is 5.02 Å². The number of piperidine rings is 1. The normalized spacial score (nSPS) is 15.5. The Morgan fingerprint density at radius 1 is 0.929 bits per heavy atom. The molecule has 1 aromatic carbocycles. The number of rotatable bonds is 7. The number of alkyl halides is 3. The molecule has 0 radical (unpaired) electrons. The second kappa shape index (κ2) is 15.7. The van der Waals surface area contributed by atoms with Gasteiger partial charge in [-0.3, -0.25) is 24.5 Å². The van der Waals surface area contributed by atoms with Gasteiger partial charge in [0.25, 0.3) is 11.8 Å². The van der Waals surface area contributed by atoms with E-state index in [-0.39, 0.29) is 86.4 Å². The van der Waals surface area contributed by atoms with Crippen molar-refractivity contribution in [2.45, 2.75) is 51.8 Å². The van der Waals surface area contributed by atoms with E-state index in [1.165, 1.54) is 36.7 Å². The van der Waals surface area contributed by atoms with Gasteiger partial charge in [0.1, 0.15) is 5.60 Å². The molecule has 0 atom stereocenters. The summed E-state index contributed by atoms with van der Waals surface area (Å²) >= 11 is 6.50. The van der Waals surface area contributed by atoms with Crippen molar-refractivity contribution in [2.75, 3.05) is 56.1 Å². The van der Waals surface area contributed by atoms with Crippen LogP contribution in [-0.2, 0) is 22.1 Å². The van der Waals surface area contributed by atoms with Crippen molar-refractivity contribution < 1.29 is 37.1 Å². The lowest BCUT2D eigenvalue weighted by atomic mass is 9.95. The number of aromatic amines is 2. The van der Waals surface area contributed by atoms with E-state index in [2.05, 4.69) is 30.5 Å². The lowest BCUT2D eigenvalue weighted by Gasteiger charge is -2.38. The van der Waals surface area contributed by atoms with E-state index >= 15 is 0 Å². The van der Waals surface area contributed by atoms with Crippen molar-refractivity contribution in [1.82, 2.24) is 39.8 Å². The molecule has 56 heavy (non-hydrogen) atoms. The Labute approximate surface area is 324 Å². The van der Waals surface area contributed by atoms with E-state index in [4.69, 9.17) is 27.8 Å². The molecule has 0 saturated carbocycles. The van der Waals surface area contributed by atoms with Gasteiger partial charge in [-0.25, -0.2) is 9.78 Å². The number of aromatic nitrogens is 5. The fourth-order valence-corrected chi connectivity index (χ4v) is 6.77. The average Bonchev–Trinajstić information content (AvgIpc) is 3.80. The molecular formula is C36H41ClF3N11O5. The number of hydrogen-bond donors (Lipinski definition) is 5. The van der Waals surface area contributed by atoms with Crippen LogP contribution < -0.4 is 16.8 Å². The van der Waals surface area contributed by atoms with Crippen molar-refractivity contribution in [3.8, 4) is 11.4 Å². The maximum Gasteiger partial charge on any atom is 0.435 e. The predicted molar refractivity (Wildman–Crippen MR) is 199 cm³/mol. The molecule has 0 aliphatic carbocycles. The summed E-state index contributed by atoms with van der Waals surface area (Å²) in [5, 5.41) is 8.54. The highest BCUT2D eigenvalue weighted by Crippen LogP contribution is 2.36. The van der Waals surface area contributed by atoms with Crippen LogP contribution in [0.15, 0.2) is 36.7 Å². The van der Waals surface area contributed by atoms with Crippen LogP contribution in [0.1, 0.15) is 71.5 Å². The van der Waals surface area contributed by atoms with Gasteiger partial charge >= 0.3 is 12.3 Å². The quantitative estimate of drug-likeness (QED) is 0.172. The predicted octanol–water partition coefficient (Wildman–Crippen LogP) is 4.81. The van der Waals surface area contributed by atoms with Crippen molar-refractivity contribution in [3.05, 3.63) is 70.0 Å². The van der Waals surface area contributed by atoms with Crippen LogP contribution in [0, 0.1) is 5.92 Å². The molecule has 2 saturated heterocycles. The number of halogens is 4. The van der Waals surface area contributed by atoms with Gasteiger partial charge in [0, 0.05) is 74.7 Å². The minimum absolute atomic E-state index is 0.00102. The number of piperazine rings is 1. The minimum atomic E-state index is -4.80. The smallest absolute Gasteiger partial charge is 0.435 e. The minimum Gasteiger partial charge on any atom is -0.444 e. The van der Waals surface area contributed by atoms with Gasteiger partial charge in [-0.15, -0.1) is 0 Å². The van der Waals surface area contributed by atoms with Crippen molar-refractivity contribution in [1.29, 1.82) is 0 Å². The van der Waals surface area contributed by atoms with Crippen molar-refractivity contribution in [2.24, 2.45) is 5.92 Å². The summed E-state index contributed by atoms with van der Waals surface area (Å²) in [6, 6.07) is 5.69. The van der Waals surface area contributed by atoms with E-state index < -0.39 is 23.4 Å². The van der Waals surface area contributed by atoms with Crippen LogP contribution in [0.4, 0.5) is 35.0 Å². The number of nitrogens with one attached hydrogen (secondary N) is 3. The Morgan fingerprint density at radius 2 is 1.61 bits per heavy atom. The van der Waals surface area contributed by atoms with E-state index in [1.807, 2.05) is 0 Å². The third kappa shape index (κ3) is 8.98. The molecule has 5 heterocycles. The van der Waals surface area contributed by atoms with Gasteiger partial charge in [-0.05, 0) is 57.9 Å². The topological polar surface area (TPSA) is 222 Å². The first-order chi connectivity index (χ1) is 26.4. The highest BCUT2D eigenvalue weighted by molar-refractivity contribution is 6.34. The zero-order chi connectivity index (χ0) is 40.5. The number of carbonyl (C=O) groups excluding carboxylic acids is 4. The number of nitrogens with two attached hydrogens (primary N) is 2. The number of H-pyrrole nitrogens is 2. The number of hydrogen-bond acceptors (Lipinski definition) is 10. The van der Waals surface area contributed by atoms with Crippen LogP contribution in [0.3, 0.4) is 0 Å². The van der Waals surface area contributed by atoms with E-state index in [0.29, 0.717) is 52.1 Å². The maximum absolute atomic E-state index is 13.9. The van der Waals surface area contributed by atoms with Gasteiger partial charge in [-0.2, -0.15) is 18.3 Å². The highest BCUT2D eigenvalue weighted by Gasteiger charge is 2.39. The molecule has 4 amide bonds. The number of benzene rings is 1. The first-order valence-electron chi connectivity index (χ1n) is 17.7. The van der Waals surface area contributed by atoms with Crippen LogP contribution in [0.5, 0.6) is 0 Å². The molecule has 16 nitrogen and oxygen atoms in total. The number of pyridine rings is 1. The second-order valence-corrected chi connectivity index (χ2v) is 15.0. The molecule has 298 valence electrons. The Hall–Kier alpha value is -5.85. The molecule has 3 aromatic heterocycles. The molecule has 6 rings (SSSR count). The Kier molecular flexibility index (Phi) is 11.2. The number of likely N-dealkylation sites (tertiary alicyclic amines) is 1. The Bertz CT molecular complexity index is 2130. The SMILES string of the molecule is CC(C)(C)OC(=O)N1CCC(C(=O)N2CCN(C(=O)c3ccc(NC(=O)c4ncc(Cc5c(C(F)(F)F)n[nH]c5-c5cc(N)c(N)cn5)[nH]4)cc3Cl)CC2)CC1. The number of nitrogen functional groups attached to an aromatic ring is 2. The van der Waals surface area contributed by atoms with Crippen LogP contribution in [0.25, 0.3) is 11.4 Å². The monoisotopic (exact) mass is 799 g/mol. The first-order valence-corrected chi connectivity index (χ1v) is 18.1. The third-order valence-electron chi connectivity index (χ3n) is 9.40. The van der Waals surface area contributed by atoms with Gasteiger partial charge < -0.3 is 41.2 Å². The van der Waals surface area contributed by atoms with Crippen LogP contribution in [-0.4, -0.2) is 109 Å². The zero-order valence-corrected chi connectivity index (χ0v) is 31.6. The molecule has 0 bridgehead atoms. The number of carbonyl (C=O) groups is 4. The molecule has 0 unspecified atom stereocenters. The largest absolute Gasteiger partial charge is 0.444 e. The maximum atomic E-state index is 13.9. The molecule has 2 aliphatic rings. The van der Waals surface area contributed by atoms with Gasteiger partial charge in [0.15, 0.2) is 11.5 Å². The summed E-state index contributed by atoms with van der Waals surface area (Å²) in [7, 11) is 0. The standard InChI is InChI=1S/C36H41ClF3N11O5/c1-35(2,3)56-34(55)51-8-6-19(7-9-51)32(53)49-10-12-50(13-11-49)33(54)22-5-4-20(15-24(22)37)46-31(52)30-44-17-21(45-30)14-23-28(47-48-29(23)36(38,39)40)27-16-25(41)26(42)18-43-27/h4-5,15-19H,6-14,42H2,1-3H3,(H2,41,43)(H,44,45)(H,46,52)(H,47,48). The van der Waals surface area contributed by atoms with Gasteiger partial charge in [-0.1, -0.05) is 11.6 Å². The van der Waals surface area contributed by atoms with Gasteiger partial charge in [0.05, 0.1) is 39.5 Å². The summed E-state index contributed by atoms with van der Waals surface area (Å²) in [6.07, 6.45) is -2.00. The lowest BCUT2D eigenvalue weighted by Crippen LogP contribution is -2.53. The first kappa shape index (κ1) is 39.8. The molecule has 2 fully saturated rings. The van der Waals surface area contributed by atoms with Crippen LogP contribution >= 0.6 is 11.6 Å². The van der Waals surface area contributed by atoms with E-state index in [1.54, 1.807) is 35.5 Å². The third-order valence-corrected chi connectivity index (χ3v) is 9.72. The number of amides is 4. The lowest BCUT2D eigenvalue weighted by molar-refractivity contribution is -0.141. The number of ether oxygens (including phenoxy) is 1. The average molecular weight is 800 g/mol. The summed E-state index contributed by atoms with van der Waals surface area (Å²) in [5.41, 5.74) is 10.5. The Morgan fingerprint density at radius 3 is 2.23 bits per heavy atom. The molecular weight excluding hydrogens is 759 g/mol. The Balaban J connectivity index is 1.03. The van der Waals surface area contributed by atoms with Crippen molar-refractivity contribution in [3.63, 3.8) is 0 Å². The zero-order valence-electron chi connectivity index (χ0n) is 30.8. The molecule has 20 heteroatoms. The molecule has 7 N–H and O–H groups in total.